The zero-order valence-corrected chi connectivity index (χ0v) is 12.6. The van der Waals surface area contributed by atoms with Gasteiger partial charge in [-0.15, -0.1) is 0 Å². The van der Waals surface area contributed by atoms with E-state index in [0.29, 0.717) is 6.42 Å². The van der Waals surface area contributed by atoms with Crippen LogP contribution in [0.3, 0.4) is 0 Å². The van der Waals surface area contributed by atoms with Crippen molar-refractivity contribution in [2.45, 2.75) is 25.9 Å². The normalized spacial score (nSPS) is 13.2. The molecule has 114 valence electrons. The zero-order valence-electron chi connectivity index (χ0n) is 12.6. The molecule has 0 heterocycles. The van der Waals surface area contributed by atoms with Gasteiger partial charge < -0.3 is 9.84 Å². The Morgan fingerprint density at radius 3 is 2.09 bits per heavy atom. The van der Waals surface area contributed by atoms with Crippen LogP contribution in [0, 0.1) is 0 Å². The van der Waals surface area contributed by atoms with E-state index in [1.54, 1.807) is 12.1 Å². The summed E-state index contributed by atoms with van der Waals surface area (Å²) in [5, 5.41) is 9.18. The second-order valence-electron chi connectivity index (χ2n) is 5.19. The largest absolute Gasteiger partial charge is 0.478 e. The first-order valence-electron chi connectivity index (χ1n) is 7.09. The number of hydrogen-bond donors (Lipinski definition) is 1. The van der Waals surface area contributed by atoms with Crippen LogP contribution >= 0.6 is 0 Å². The summed E-state index contributed by atoms with van der Waals surface area (Å²) in [7, 11) is 0. The molecule has 1 atom stereocenters. The summed E-state index contributed by atoms with van der Waals surface area (Å²) in [4.78, 5) is 23.7. The van der Waals surface area contributed by atoms with Gasteiger partial charge in [-0.05, 0) is 31.0 Å². The number of benzene rings is 2. The topological polar surface area (TPSA) is 63.6 Å². The third-order valence-corrected chi connectivity index (χ3v) is 3.75. The predicted molar refractivity (Wildman–Crippen MR) is 82.9 cm³/mol. The molecule has 0 aliphatic rings. The fourth-order valence-corrected chi connectivity index (χ4v) is 2.23. The number of aromatic carboxylic acids is 1. The highest BCUT2D eigenvalue weighted by molar-refractivity contribution is 6.02. The second-order valence-corrected chi connectivity index (χ2v) is 5.19. The maximum absolute atomic E-state index is 12.4. The molecule has 0 amide bonds. The number of carbonyl (C=O) groups excluding carboxylic acids is 1. The Morgan fingerprint density at radius 1 is 1.00 bits per heavy atom. The summed E-state index contributed by atoms with van der Waals surface area (Å²) < 4.78 is 5.65. The van der Waals surface area contributed by atoms with E-state index in [1.165, 1.54) is 12.1 Å². The highest BCUT2D eigenvalue weighted by Crippen LogP contribution is 2.30. The summed E-state index contributed by atoms with van der Waals surface area (Å²) >= 11 is 0. The second kappa shape index (κ2) is 6.43. The molecular weight excluding hydrogens is 280 g/mol. The number of hydrogen-bond acceptors (Lipinski definition) is 3. The van der Waals surface area contributed by atoms with E-state index in [-0.39, 0.29) is 11.1 Å². The van der Waals surface area contributed by atoms with Crippen LogP contribution in [0.1, 0.15) is 46.5 Å². The highest BCUT2D eigenvalue weighted by atomic mass is 16.6. The Balaban J connectivity index is 2.33. The molecule has 0 radical (unpaired) electrons. The molecule has 2 aromatic carbocycles. The van der Waals surface area contributed by atoms with E-state index < -0.39 is 17.5 Å². The molecule has 4 nitrogen and oxygen atoms in total. The van der Waals surface area contributed by atoms with Gasteiger partial charge in [0.15, 0.2) is 0 Å². The Kier molecular flexibility index (Phi) is 4.61. The van der Waals surface area contributed by atoms with Crippen molar-refractivity contribution in [2.75, 3.05) is 0 Å². The van der Waals surface area contributed by atoms with Crippen LogP contribution in [0.4, 0.5) is 0 Å². The van der Waals surface area contributed by atoms with Gasteiger partial charge in [-0.3, -0.25) is 0 Å². The first-order valence-corrected chi connectivity index (χ1v) is 7.09. The van der Waals surface area contributed by atoms with Gasteiger partial charge in [0.05, 0.1) is 11.1 Å². The van der Waals surface area contributed by atoms with Gasteiger partial charge in [-0.1, -0.05) is 49.4 Å². The number of rotatable bonds is 5. The SMILES string of the molecule is CC[C@@](C)(OC(=O)c1ccccc1C(=O)O)c1ccccc1. The Morgan fingerprint density at radius 2 is 1.55 bits per heavy atom. The lowest BCUT2D eigenvalue weighted by molar-refractivity contribution is -0.0143. The number of ether oxygens (including phenoxy) is 1. The van der Waals surface area contributed by atoms with Crippen molar-refractivity contribution in [3.63, 3.8) is 0 Å². The molecule has 4 heteroatoms. The number of carboxylic acids is 1. The van der Waals surface area contributed by atoms with Crippen LogP contribution < -0.4 is 0 Å². The minimum absolute atomic E-state index is 0.0565. The average Bonchev–Trinajstić information content (AvgIpc) is 2.55. The predicted octanol–water partition coefficient (Wildman–Crippen LogP) is 3.87. The monoisotopic (exact) mass is 298 g/mol. The quantitative estimate of drug-likeness (QED) is 0.851. The lowest BCUT2D eigenvalue weighted by Crippen LogP contribution is -2.29. The van der Waals surface area contributed by atoms with Crippen LogP contribution in [0.5, 0.6) is 0 Å². The van der Waals surface area contributed by atoms with Gasteiger partial charge in [-0.2, -0.15) is 0 Å². The van der Waals surface area contributed by atoms with E-state index in [0.717, 1.165) is 5.56 Å². The van der Waals surface area contributed by atoms with Crippen molar-refractivity contribution in [3.05, 3.63) is 71.3 Å². The molecular formula is C18H18O4. The van der Waals surface area contributed by atoms with Gasteiger partial charge in [0, 0.05) is 0 Å². The number of esters is 1. The lowest BCUT2D eigenvalue weighted by atomic mass is 9.93. The van der Waals surface area contributed by atoms with Crippen LogP contribution in [-0.2, 0) is 10.3 Å². The van der Waals surface area contributed by atoms with E-state index in [4.69, 9.17) is 4.74 Å². The van der Waals surface area contributed by atoms with E-state index in [9.17, 15) is 14.7 Å². The van der Waals surface area contributed by atoms with Gasteiger partial charge in [0.2, 0.25) is 0 Å². The zero-order chi connectivity index (χ0) is 16.2. The van der Waals surface area contributed by atoms with Crippen molar-refractivity contribution in [3.8, 4) is 0 Å². The molecule has 0 aliphatic heterocycles. The molecule has 22 heavy (non-hydrogen) atoms. The van der Waals surface area contributed by atoms with Crippen LogP contribution in [0.25, 0.3) is 0 Å². The Hall–Kier alpha value is -2.62. The van der Waals surface area contributed by atoms with Crippen molar-refractivity contribution in [2.24, 2.45) is 0 Å². The van der Waals surface area contributed by atoms with E-state index >= 15 is 0 Å². The first kappa shape index (κ1) is 15.8. The van der Waals surface area contributed by atoms with Crippen molar-refractivity contribution in [1.29, 1.82) is 0 Å². The van der Waals surface area contributed by atoms with Crippen molar-refractivity contribution < 1.29 is 19.4 Å². The molecule has 0 bridgehead atoms. The maximum atomic E-state index is 12.4. The number of carbonyl (C=O) groups is 2. The fourth-order valence-electron chi connectivity index (χ4n) is 2.23. The first-order chi connectivity index (χ1) is 10.5. The van der Waals surface area contributed by atoms with E-state index in [1.807, 2.05) is 44.2 Å². The molecule has 0 saturated heterocycles. The van der Waals surface area contributed by atoms with E-state index in [2.05, 4.69) is 0 Å². The van der Waals surface area contributed by atoms with Gasteiger partial charge in [0.1, 0.15) is 5.60 Å². The molecule has 0 spiro atoms. The smallest absolute Gasteiger partial charge is 0.339 e. The minimum Gasteiger partial charge on any atom is -0.478 e. The average molecular weight is 298 g/mol. The number of carboxylic acid groups (broad SMARTS) is 1. The summed E-state index contributed by atoms with van der Waals surface area (Å²) in [6, 6.07) is 15.5. The van der Waals surface area contributed by atoms with Crippen molar-refractivity contribution >= 4 is 11.9 Å². The van der Waals surface area contributed by atoms with Crippen LogP contribution in [0.15, 0.2) is 54.6 Å². The third kappa shape index (κ3) is 3.17. The minimum atomic E-state index is -1.15. The Bertz CT molecular complexity index is 678. The van der Waals surface area contributed by atoms with Gasteiger partial charge in [-0.25, -0.2) is 9.59 Å². The fraction of sp³-hybridized carbons (Fsp3) is 0.222. The van der Waals surface area contributed by atoms with Gasteiger partial charge >= 0.3 is 11.9 Å². The molecule has 0 unspecified atom stereocenters. The molecule has 0 aliphatic carbocycles. The molecule has 0 aromatic heterocycles. The van der Waals surface area contributed by atoms with Crippen LogP contribution in [0.2, 0.25) is 0 Å². The third-order valence-electron chi connectivity index (χ3n) is 3.75. The van der Waals surface area contributed by atoms with Crippen LogP contribution in [-0.4, -0.2) is 17.0 Å². The molecule has 2 rings (SSSR count). The molecule has 1 N–H and O–H groups in total. The van der Waals surface area contributed by atoms with Gasteiger partial charge in [0.25, 0.3) is 0 Å². The van der Waals surface area contributed by atoms with Crippen molar-refractivity contribution in [1.82, 2.24) is 0 Å². The summed E-state index contributed by atoms with van der Waals surface area (Å²) in [6.07, 6.45) is 0.581. The molecule has 0 saturated carbocycles. The lowest BCUT2D eigenvalue weighted by Gasteiger charge is -2.29. The summed E-state index contributed by atoms with van der Waals surface area (Å²) in [5.41, 5.74) is 0.0764. The highest BCUT2D eigenvalue weighted by Gasteiger charge is 2.30. The summed E-state index contributed by atoms with van der Waals surface area (Å²) in [6.45, 7) is 3.74. The molecule has 2 aromatic rings. The summed E-state index contributed by atoms with van der Waals surface area (Å²) in [5.74, 6) is -1.78. The standard InChI is InChI=1S/C18H18O4/c1-3-18(2,13-9-5-4-6-10-13)22-17(21)15-12-8-7-11-14(15)16(19)20/h4-12H,3H2,1-2H3,(H,19,20)/t18-/m1/s1. The molecule has 0 fully saturated rings. The maximum Gasteiger partial charge on any atom is 0.339 e. The Labute approximate surface area is 129 Å².